The van der Waals surface area contributed by atoms with E-state index in [4.69, 9.17) is 0 Å². The van der Waals surface area contributed by atoms with Crippen LogP contribution in [0.25, 0.3) is 0 Å². The van der Waals surface area contributed by atoms with Crippen LogP contribution < -0.4 is 5.32 Å². The molecule has 21 heavy (non-hydrogen) atoms. The molecule has 0 aliphatic carbocycles. The van der Waals surface area contributed by atoms with Gasteiger partial charge in [0.2, 0.25) is 0 Å². The van der Waals surface area contributed by atoms with Crippen molar-refractivity contribution in [3.05, 3.63) is 18.2 Å². The molecule has 1 aromatic heterocycles. The fraction of sp³-hybridized carbons (Fsp3) is 0.824. The number of hydrogen-bond donors (Lipinski definition) is 1. The second kappa shape index (κ2) is 6.49. The number of imidazole rings is 1. The van der Waals surface area contributed by atoms with Gasteiger partial charge in [0.25, 0.3) is 0 Å². The van der Waals surface area contributed by atoms with Gasteiger partial charge < -0.3 is 9.88 Å². The lowest BCUT2D eigenvalue weighted by molar-refractivity contribution is 0.0435. The Morgan fingerprint density at radius 3 is 2.57 bits per heavy atom. The lowest BCUT2D eigenvalue weighted by atomic mass is 9.83. The number of piperazine rings is 1. The van der Waals surface area contributed by atoms with Gasteiger partial charge >= 0.3 is 0 Å². The van der Waals surface area contributed by atoms with Crippen molar-refractivity contribution in [3.63, 3.8) is 0 Å². The molecule has 0 bridgehead atoms. The molecule has 2 heterocycles. The molecule has 1 aromatic rings. The van der Waals surface area contributed by atoms with Crippen molar-refractivity contribution in [2.75, 3.05) is 19.6 Å². The van der Waals surface area contributed by atoms with Gasteiger partial charge in [-0.2, -0.15) is 0 Å². The van der Waals surface area contributed by atoms with Gasteiger partial charge in [0.1, 0.15) is 5.82 Å². The van der Waals surface area contributed by atoms with Gasteiger partial charge in [-0.25, -0.2) is 4.98 Å². The van der Waals surface area contributed by atoms with Gasteiger partial charge in [0.15, 0.2) is 0 Å². The summed E-state index contributed by atoms with van der Waals surface area (Å²) < 4.78 is 2.26. The Labute approximate surface area is 129 Å². The number of hydrogen-bond acceptors (Lipinski definition) is 3. The van der Waals surface area contributed by atoms with Crippen LogP contribution in [0.15, 0.2) is 12.4 Å². The third kappa shape index (κ3) is 4.07. The van der Waals surface area contributed by atoms with Gasteiger partial charge in [-0.15, -0.1) is 0 Å². The van der Waals surface area contributed by atoms with Crippen LogP contribution in [0.2, 0.25) is 0 Å². The van der Waals surface area contributed by atoms with Crippen LogP contribution in [0, 0.1) is 18.3 Å². The predicted octanol–water partition coefficient (Wildman–Crippen LogP) is 2.54. The summed E-state index contributed by atoms with van der Waals surface area (Å²) in [6, 6.07) is 1.20. The molecule has 0 aromatic carbocycles. The molecule has 1 aliphatic rings. The first-order chi connectivity index (χ1) is 9.79. The molecule has 0 spiro atoms. The van der Waals surface area contributed by atoms with E-state index in [-0.39, 0.29) is 0 Å². The monoisotopic (exact) mass is 292 g/mol. The normalized spacial score (nSPS) is 24.7. The molecule has 2 rings (SSSR count). The largest absolute Gasteiger partial charge is 0.334 e. The van der Waals surface area contributed by atoms with E-state index in [9.17, 15) is 0 Å². The molecular formula is C17H32N4. The zero-order chi connectivity index (χ0) is 15.6. The highest BCUT2D eigenvalue weighted by Gasteiger charge is 2.35. The molecule has 1 fully saturated rings. The zero-order valence-corrected chi connectivity index (χ0v) is 14.6. The van der Waals surface area contributed by atoms with E-state index in [1.807, 2.05) is 6.20 Å². The Morgan fingerprint density at radius 2 is 2.05 bits per heavy atom. The molecule has 120 valence electrons. The average molecular weight is 292 g/mol. The number of nitrogens with zero attached hydrogens (tertiary/aromatic N) is 3. The lowest BCUT2D eigenvalue weighted by Crippen LogP contribution is -2.62. The summed E-state index contributed by atoms with van der Waals surface area (Å²) in [5, 5.41) is 3.75. The molecule has 2 atom stereocenters. The minimum absolute atomic E-state index is 0.304. The lowest BCUT2D eigenvalue weighted by Gasteiger charge is -2.47. The van der Waals surface area contributed by atoms with E-state index in [1.165, 1.54) is 0 Å². The van der Waals surface area contributed by atoms with Crippen LogP contribution >= 0.6 is 0 Å². The van der Waals surface area contributed by atoms with Crippen LogP contribution in [-0.4, -0.2) is 46.2 Å². The number of aryl methyl sites for hydroxylation is 1. The molecule has 0 amide bonds. The summed E-state index contributed by atoms with van der Waals surface area (Å²) in [4.78, 5) is 7.00. The summed E-state index contributed by atoms with van der Waals surface area (Å²) >= 11 is 0. The third-order valence-corrected chi connectivity index (χ3v) is 4.80. The van der Waals surface area contributed by atoms with Crippen LogP contribution in [0.4, 0.5) is 0 Å². The molecule has 4 nitrogen and oxygen atoms in total. The van der Waals surface area contributed by atoms with Crippen molar-refractivity contribution in [2.24, 2.45) is 11.3 Å². The second-order valence-electron chi connectivity index (χ2n) is 7.80. The summed E-state index contributed by atoms with van der Waals surface area (Å²) in [7, 11) is 0. The molecule has 1 aliphatic heterocycles. The van der Waals surface area contributed by atoms with Crippen LogP contribution in [0.5, 0.6) is 0 Å². The topological polar surface area (TPSA) is 33.1 Å². The SMILES string of the molecule is Cc1nccn1CCN1CC(C(C)C)NCC1C(C)(C)C. The van der Waals surface area contributed by atoms with Gasteiger partial charge in [-0.05, 0) is 18.3 Å². The van der Waals surface area contributed by atoms with Crippen molar-refractivity contribution in [1.29, 1.82) is 0 Å². The Kier molecular flexibility index (Phi) is 5.10. The molecule has 0 radical (unpaired) electrons. The van der Waals surface area contributed by atoms with Crippen molar-refractivity contribution < 1.29 is 0 Å². The van der Waals surface area contributed by atoms with E-state index in [2.05, 4.69) is 67.5 Å². The van der Waals surface area contributed by atoms with Crippen LogP contribution in [-0.2, 0) is 6.54 Å². The molecular weight excluding hydrogens is 260 g/mol. The fourth-order valence-electron chi connectivity index (χ4n) is 3.26. The van der Waals surface area contributed by atoms with E-state index >= 15 is 0 Å². The Morgan fingerprint density at radius 1 is 1.33 bits per heavy atom. The highest BCUT2D eigenvalue weighted by Crippen LogP contribution is 2.27. The van der Waals surface area contributed by atoms with Crippen molar-refractivity contribution in [3.8, 4) is 0 Å². The fourth-order valence-corrected chi connectivity index (χ4v) is 3.26. The standard InChI is InChI=1S/C17H32N4/c1-13(2)15-12-21(16(11-19-15)17(4,5)6)10-9-20-8-7-18-14(20)3/h7-8,13,15-16,19H,9-12H2,1-6H3. The van der Waals surface area contributed by atoms with Crippen molar-refractivity contribution in [2.45, 2.75) is 60.2 Å². The number of nitrogens with one attached hydrogen (secondary N) is 1. The maximum atomic E-state index is 4.32. The highest BCUT2D eigenvalue weighted by atomic mass is 15.3. The van der Waals surface area contributed by atoms with Gasteiger partial charge in [0.05, 0.1) is 0 Å². The third-order valence-electron chi connectivity index (χ3n) is 4.80. The molecule has 1 saturated heterocycles. The highest BCUT2D eigenvalue weighted by molar-refractivity contribution is 4.94. The second-order valence-corrected chi connectivity index (χ2v) is 7.80. The average Bonchev–Trinajstić information content (AvgIpc) is 2.80. The smallest absolute Gasteiger partial charge is 0.105 e. The first-order valence-electron chi connectivity index (χ1n) is 8.24. The molecule has 0 saturated carbocycles. The van der Waals surface area contributed by atoms with Gasteiger partial charge in [-0.3, -0.25) is 4.90 Å². The van der Waals surface area contributed by atoms with E-state index < -0.39 is 0 Å². The Bertz CT molecular complexity index is 444. The summed E-state index contributed by atoms with van der Waals surface area (Å²) in [6.07, 6.45) is 3.98. The zero-order valence-electron chi connectivity index (χ0n) is 14.6. The van der Waals surface area contributed by atoms with Gasteiger partial charge in [-0.1, -0.05) is 34.6 Å². The summed E-state index contributed by atoms with van der Waals surface area (Å²) in [6.45, 7) is 18.1. The predicted molar refractivity (Wildman–Crippen MR) is 88.4 cm³/mol. The van der Waals surface area contributed by atoms with Crippen LogP contribution in [0.3, 0.4) is 0 Å². The number of aromatic nitrogens is 2. The summed E-state index contributed by atoms with van der Waals surface area (Å²) in [5.41, 5.74) is 0.304. The summed E-state index contributed by atoms with van der Waals surface area (Å²) in [5.74, 6) is 1.79. The van der Waals surface area contributed by atoms with Crippen molar-refractivity contribution >= 4 is 0 Å². The quantitative estimate of drug-likeness (QED) is 0.926. The van der Waals surface area contributed by atoms with E-state index in [0.717, 1.165) is 32.0 Å². The maximum absolute atomic E-state index is 4.32. The first-order valence-corrected chi connectivity index (χ1v) is 8.24. The minimum atomic E-state index is 0.304. The van der Waals surface area contributed by atoms with E-state index in [1.54, 1.807) is 0 Å². The molecule has 1 N–H and O–H groups in total. The Hall–Kier alpha value is -0.870. The maximum Gasteiger partial charge on any atom is 0.105 e. The van der Waals surface area contributed by atoms with E-state index in [0.29, 0.717) is 23.4 Å². The number of rotatable bonds is 4. The van der Waals surface area contributed by atoms with Crippen LogP contribution in [0.1, 0.15) is 40.4 Å². The van der Waals surface area contributed by atoms with Crippen molar-refractivity contribution in [1.82, 2.24) is 19.8 Å². The minimum Gasteiger partial charge on any atom is -0.334 e. The molecule has 4 heteroatoms. The Balaban J connectivity index is 2.04. The molecule has 2 unspecified atom stereocenters. The first kappa shape index (κ1) is 16.5. The van der Waals surface area contributed by atoms with Gasteiger partial charge in [0, 0.05) is 50.7 Å².